The molecule has 0 spiro atoms. The SMILES string of the molecule is CC(C)N1CCN(C2CCN(C(=O)OC3CNc4ccccc43)CC2)CC1. The van der Waals surface area contributed by atoms with Crippen LogP contribution in [0.3, 0.4) is 0 Å². The number of fused-ring (bicyclic) bond motifs is 1. The number of nitrogens with zero attached hydrogens (tertiary/aromatic N) is 3. The third-order valence-corrected chi connectivity index (χ3v) is 6.35. The van der Waals surface area contributed by atoms with Crippen LogP contribution in [0.5, 0.6) is 0 Å². The van der Waals surface area contributed by atoms with E-state index in [-0.39, 0.29) is 12.2 Å². The van der Waals surface area contributed by atoms with Crippen molar-refractivity contribution < 1.29 is 9.53 Å². The summed E-state index contributed by atoms with van der Waals surface area (Å²) < 4.78 is 5.80. The van der Waals surface area contributed by atoms with Crippen molar-refractivity contribution in [1.29, 1.82) is 0 Å². The molecule has 0 bridgehead atoms. The van der Waals surface area contributed by atoms with Crippen molar-refractivity contribution in [2.75, 3.05) is 51.1 Å². The summed E-state index contributed by atoms with van der Waals surface area (Å²) in [4.78, 5) is 19.7. The molecule has 2 fully saturated rings. The lowest BCUT2D eigenvalue weighted by molar-refractivity contribution is 0.0325. The van der Waals surface area contributed by atoms with Crippen molar-refractivity contribution in [3.05, 3.63) is 29.8 Å². The highest BCUT2D eigenvalue weighted by molar-refractivity contribution is 5.69. The van der Waals surface area contributed by atoms with Gasteiger partial charge in [-0.1, -0.05) is 18.2 Å². The molecule has 6 heteroatoms. The van der Waals surface area contributed by atoms with Crippen molar-refractivity contribution in [1.82, 2.24) is 14.7 Å². The van der Waals surface area contributed by atoms with Gasteiger partial charge in [0.15, 0.2) is 0 Å². The second-order valence-corrected chi connectivity index (χ2v) is 8.22. The van der Waals surface area contributed by atoms with Gasteiger partial charge in [-0.05, 0) is 32.8 Å². The smallest absolute Gasteiger partial charge is 0.410 e. The van der Waals surface area contributed by atoms with Crippen LogP contribution in [0, 0.1) is 0 Å². The summed E-state index contributed by atoms with van der Waals surface area (Å²) in [6.07, 6.45) is 1.77. The zero-order valence-electron chi connectivity index (χ0n) is 16.6. The number of anilines is 1. The molecule has 1 atom stereocenters. The van der Waals surface area contributed by atoms with E-state index in [0.717, 1.165) is 63.4 Å². The molecular weight excluding hydrogens is 340 g/mol. The lowest BCUT2D eigenvalue weighted by atomic mass is 10.0. The number of piperidine rings is 1. The standard InChI is InChI=1S/C21H32N4O2/c1-16(2)23-11-13-24(14-12-23)17-7-9-25(10-8-17)21(26)27-20-15-22-19-6-4-3-5-18(19)20/h3-6,16-17,20,22H,7-15H2,1-2H3. The molecule has 6 nitrogen and oxygen atoms in total. The molecule has 1 amide bonds. The molecule has 27 heavy (non-hydrogen) atoms. The van der Waals surface area contributed by atoms with Crippen molar-refractivity contribution in [3.8, 4) is 0 Å². The maximum atomic E-state index is 12.6. The van der Waals surface area contributed by atoms with Crippen molar-refractivity contribution in [3.63, 3.8) is 0 Å². The van der Waals surface area contributed by atoms with Crippen LogP contribution in [-0.2, 0) is 4.74 Å². The van der Waals surface area contributed by atoms with Gasteiger partial charge < -0.3 is 15.0 Å². The van der Waals surface area contributed by atoms with Gasteiger partial charge in [-0.25, -0.2) is 4.79 Å². The first-order chi connectivity index (χ1) is 13.1. The van der Waals surface area contributed by atoms with E-state index in [0.29, 0.717) is 18.6 Å². The Morgan fingerprint density at radius 1 is 1.07 bits per heavy atom. The van der Waals surface area contributed by atoms with Gasteiger partial charge in [-0.2, -0.15) is 0 Å². The highest BCUT2D eigenvalue weighted by atomic mass is 16.6. The van der Waals surface area contributed by atoms with Crippen LogP contribution in [0.4, 0.5) is 10.5 Å². The molecule has 2 saturated heterocycles. The lowest BCUT2D eigenvalue weighted by Gasteiger charge is -2.43. The number of likely N-dealkylation sites (tertiary alicyclic amines) is 1. The van der Waals surface area contributed by atoms with E-state index in [1.807, 2.05) is 29.2 Å². The number of para-hydroxylation sites is 1. The predicted octanol–water partition coefficient (Wildman–Crippen LogP) is 2.78. The molecule has 0 aromatic heterocycles. The summed E-state index contributed by atoms with van der Waals surface area (Å²) in [7, 11) is 0. The van der Waals surface area contributed by atoms with Gasteiger partial charge >= 0.3 is 6.09 Å². The quantitative estimate of drug-likeness (QED) is 0.884. The average Bonchev–Trinajstić information content (AvgIpc) is 3.11. The zero-order valence-corrected chi connectivity index (χ0v) is 16.6. The third-order valence-electron chi connectivity index (χ3n) is 6.35. The fourth-order valence-corrected chi connectivity index (χ4v) is 4.59. The van der Waals surface area contributed by atoms with Gasteiger partial charge in [-0.3, -0.25) is 9.80 Å². The molecule has 3 aliphatic heterocycles. The van der Waals surface area contributed by atoms with Gasteiger partial charge in [0.05, 0.1) is 6.54 Å². The second-order valence-electron chi connectivity index (χ2n) is 8.22. The number of ether oxygens (including phenoxy) is 1. The molecule has 1 unspecified atom stereocenters. The van der Waals surface area contributed by atoms with Crippen LogP contribution in [0.25, 0.3) is 0 Å². The van der Waals surface area contributed by atoms with E-state index >= 15 is 0 Å². The largest absolute Gasteiger partial charge is 0.439 e. The molecule has 3 heterocycles. The van der Waals surface area contributed by atoms with Gasteiger partial charge in [0, 0.05) is 62.6 Å². The lowest BCUT2D eigenvalue weighted by Crippen LogP contribution is -2.54. The summed E-state index contributed by atoms with van der Waals surface area (Å²) in [5, 5.41) is 3.31. The monoisotopic (exact) mass is 372 g/mol. The normalized spacial score (nSPS) is 24.7. The van der Waals surface area contributed by atoms with E-state index in [4.69, 9.17) is 4.74 Å². The third kappa shape index (κ3) is 4.06. The van der Waals surface area contributed by atoms with Gasteiger partial charge in [0.25, 0.3) is 0 Å². The van der Waals surface area contributed by atoms with Crippen molar-refractivity contribution >= 4 is 11.8 Å². The predicted molar refractivity (Wildman–Crippen MR) is 107 cm³/mol. The minimum absolute atomic E-state index is 0.165. The zero-order chi connectivity index (χ0) is 18.8. The van der Waals surface area contributed by atoms with E-state index in [9.17, 15) is 4.79 Å². The van der Waals surface area contributed by atoms with E-state index in [1.165, 1.54) is 0 Å². The summed E-state index contributed by atoms with van der Waals surface area (Å²) in [5.74, 6) is 0. The Morgan fingerprint density at radius 3 is 2.48 bits per heavy atom. The summed E-state index contributed by atoms with van der Waals surface area (Å²) in [5.41, 5.74) is 2.17. The van der Waals surface area contributed by atoms with E-state index in [1.54, 1.807) is 0 Å². The first kappa shape index (κ1) is 18.6. The van der Waals surface area contributed by atoms with Crippen LogP contribution >= 0.6 is 0 Å². The van der Waals surface area contributed by atoms with Gasteiger partial charge in [0.1, 0.15) is 6.10 Å². The van der Waals surface area contributed by atoms with E-state index in [2.05, 4.69) is 29.0 Å². The minimum Gasteiger partial charge on any atom is -0.439 e. The van der Waals surface area contributed by atoms with Crippen LogP contribution < -0.4 is 5.32 Å². The fourth-order valence-electron chi connectivity index (χ4n) is 4.59. The first-order valence-corrected chi connectivity index (χ1v) is 10.4. The second kappa shape index (κ2) is 8.07. The number of benzene rings is 1. The number of hydrogen-bond acceptors (Lipinski definition) is 5. The Bertz CT molecular complexity index is 649. The summed E-state index contributed by atoms with van der Waals surface area (Å²) in [6, 6.07) is 9.32. The van der Waals surface area contributed by atoms with Crippen LogP contribution in [0.15, 0.2) is 24.3 Å². The van der Waals surface area contributed by atoms with Crippen molar-refractivity contribution in [2.45, 2.75) is 44.9 Å². The number of rotatable bonds is 3. The van der Waals surface area contributed by atoms with Gasteiger partial charge in [0.2, 0.25) is 0 Å². The first-order valence-electron chi connectivity index (χ1n) is 10.4. The van der Waals surface area contributed by atoms with Crippen LogP contribution in [0.1, 0.15) is 38.4 Å². The fraction of sp³-hybridized carbons (Fsp3) is 0.667. The van der Waals surface area contributed by atoms with Crippen LogP contribution in [-0.4, -0.2) is 78.7 Å². The molecule has 0 saturated carbocycles. The highest BCUT2D eigenvalue weighted by Crippen LogP contribution is 2.32. The molecule has 1 aromatic rings. The minimum atomic E-state index is -0.171. The molecule has 1 N–H and O–H groups in total. The Morgan fingerprint density at radius 2 is 1.78 bits per heavy atom. The van der Waals surface area contributed by atoms with E-state index < -0.39 is 0 Å². The number of carbonyl (C=O) groups is 1. The molecule has 4 rings (SSSR count). The molecule has 1 aromatic carbocycles. The Labute approximate surface area is 162 Å². The molecular formula is C21H32N4O2. The number of carbonyl (C=O) groups excluding carboxylic acids is 1. The number of nitrogens with one attached hydrogen (secondary N) is 1. The molecule has 0 radical (unpaired) electrons. The molecule has 3 aliphatic rings. The number of amides is 1. The number of hydrogen-bond donors (Lipinski definition) is 1. The molecule has 148 valence electrons. The molecule has 0 aliphatic carbocycles. The maximum Gasteiger partial charge on any atom is 0.410 e. The maximum absolute atomic E-state index is 12.6. The summed E-state index contributed by atoms with van der Waals surface area (Å²) in [6.45, 7) is 11.4. The van der Waals surface area contributed by atoms with Crippen LogP contribution in [0.2, 0.25) is 0 Å². The highest BCUT2D eigenvalue weighted by Gasteiger charge is 2.32. The average molecular weight is 373 g/mol. The van der Waals surface area contributed by atoms with Gasteiger partial charge in [-0.15, -0.1) is 0 Å². The Kier molecular flexibility index (Phi) is 5.55. The Hall–Kier alpha value is -1.79. The number of piperazine rings is 1. The van der Waals surface area contributed by atoms with Crippen molar-refractivity contribution in [2.24, 2.45) is 0 Å². The topological polar surface area (TPSA) is 48.0 Å². The summed E-state index contributed by atoms with van der Waals surface area (Å²) >= 11 is 0. The Balaban J connectivity index is 1.24.